The maximum Gasteiger partial charge on any atom is 0.244 e. The molecule has 2 aliphatic rings. The highest BCUT2D eigenvalue weighted by atomic mass is 127. The lowest BCUT2D eigenvalue weighted by Crippen LogP contribution is -2.45. The predicted molar refractivity (Wildman–Crippen MR) is 114 cm³/mol. The molecule has 1 aliphatic carbocycles. The van der Waals surface area contributed by atoms with E-state index in [-0.39, 0.29) is 36.4 Å². The van der Waals surface area contributed by atoms with Crippen molar-refractivity contribution in [3.63, 3.8) is 0 Å². The van der Waals surface area contributed by atoms with E-state index in [4.69, 9.17) is 4.42 Å². The molecular formula is C19H31IN4O2. The summed E-state index contributed by atoms with van der Waals surface area (Å²) in [5.41, 5.74) is 0. The van der Waals surface area contributed by atoms with Crippen LogP contribution in [0.4, 0.5) is 0 Å². The molecule has 1 aromatic rings. The molecule has 0 bridgehead atoms. The van der Waals surface area contributed by atoms with Crippen LogP contribution in [0.2, 0.25) is 0 Å². The number of rotatable bonds is 6. The first-order valence-corrected chi connectivity index (χ1v) is 9.66. The first kappa shape index (κ1) is 21.1. The Labute approximate surface area is 173 Å². The van der Waals surface area contributed by atoms with Crippen LogP contribution in [0, 0.1) is 0 Å². The van der Waals surface area contributed by atoms with Crippen molar-refractivity contribution in [2.75, 3.05) is 26.2 Å². The number of nitrogens with zero attached hydrogens (tertiary/aromatic N) is 2. The van der Waals surface area contributed by atoms with E-state index in [9.17, 15) is 4.79 Å². The van der Waals surface area contributed by atoms with Crippen LogP contribution in [0.25, 0.3) is 0 Å². The molecule has 0 unspecified atom stereocenters. The minimum Gasteiger partial charge on any atom is -0.469 e. The normalized spacial score (nSPS) is 18.5. The van der Waals surface area contributed by atoms with Crippen molar-refractivity contribution >= 4 is 35.8 Å². The average molecular weight is 474 g/mol. The van der Waals surface area contributed by atoms with Gasteiger partial charge in [-0.15, -0.1) is 24.0 Å². The molecule has 7 heteroatoms. The summed E-state index contributed by atoms with van der Waals surface area (Å²) in [5, 5.41) is 6.88. The Morgan fingerprint density at radius 2 is 1.96 bits per heavy atom. The zero-order chi connectivity index (χ0) is 17.3. The van der Waals surface area contributed by atoms with E-state index in [2.05, 4.69) is 15.6 Å². The Morgan fingerprint density at radius 3 is 2.65 bits per heavy atom. The van der Waals surface area contributed by atoms with Gasteiger partial charge in [-0.2, -0.15) is 0 Å². The molecule has 1 amide bonds. The highest BCUT2D eigenvalue weighted by Crippen LogP contribution is 2.17. The van der Waals surface area contributed by atoms with E-state index >= 15 is 0 Å². The van der Waals surface area contributed by atoms with E-state index in [1.54, 1.807) is 6.26 Å². The number of furan rings is 1. The van der Waals surface area contributed by atoms with Crippen molar-refractivity contribution in [3.8, 4) is 0 Å². The molecule has 0 radical (unpaired) electrons. The number of hydrogen-bond acceptors (Lipinski definition) is 3. The molecule has 2 N–H and O–H groups in total. The summed E-state index contributed by atoms with van der Waals surface area (Å²) in [4.78, 5) is 18.7. The van der Waals surface area contributed by atoms with Crippen LogP contribution in [0.15, 0.2) is 27.8 Å². The van der Waals surface area contributed by atoms with Crippen LogP contribution in [-0.4, -0.2) is 49.0 Å². The van der Waals surface area contributed by atoms with Gasteiger partial charge in [-0.3, -0.25) is 4.79 Å². The van der Waals surface area contributed by atoms with Gasteiger partial charge in [0.1, 0.15) is 12.3 Å². The molecule has 1 aliphatic heterocycles. The molecule has 1 saturated heterocycles. The second-order valence-electron chi connectivity index (χ2n) is 6.99. The number of carbonyl (C=O) groups is 1. The van der Waals surface area contributed by atoms with Gasteiger partial charge in [0.05, 0.1) is 6.26 Å². The zero-order valence-electron chi connectivity index (χ0n) is 15.4. The van der Waals surface area contributed by atoms with Gasteiger partial charge in [-0.25, -0.2) is 4.99 Å². The van der Waals surface area contributed by atoms with Gasteiger partial charge >= 0.3 is 0 Å². The fraction of sp³-hybridized carbons (Fsp3) is 0.684. The Kier molecular flexibility index (Phi) is 9.28. The van der Waals surface area contributed by atoms with Gasteiger partial charge < -0.3 is 20.0 Å². The van der Waals surface area contributed by atoms with Crippen LogP contribution < -0.4 is 10.6 Å². The molecule has 1 saturated carbocycles. The SMILES string of the molecule is I.O=C(CN=C(NCCc1ccco1)NC1CCCCC1)N1CCCC1. The van der Waals surface area contributed by atoms with Crippen LogP contribution in [0.3, 0.4) is 0 Å². The third-order valence-corrected chi connectivity index (χ3v) is 5.02. The molecule has 146 valence electrons. The van der Waals surface area contributed by atoms with Gasteiger partial charge in [-0.1, -0.05) is 19.3 Å². The molecular weight excluding hydrogens is 443 g/mol. The molecule has 0 spiro atoms. The summed E-state index contributed by atoms with van der Waals surface area (Å²) in [6.07, 6.45) is 10.9. The summed E-state index contributed by atoms with van der Waals surface area (Å²) >= 11 is 0. The Morgan fingerprint density at radius 1 is 1.19 bits per heavy atom. The second-order valence-corrected chi connectivity index (χ2v) is 6.99. The second kappa shape index (κ2) is 11.5. The zero-order valence-corrected chi connectivity index (χ0v) is 17.7. The molecule has 0 aromatic carbocycles. The maximum atomic E-state index is 12.3. The van der Waals surface area contributed by atoms with Gasteiger partial charge in [0, 0.05) is 32.1 Å². The summed E-state index contributed by atoms with van der Waals surface area (Å²) in [5.74, 6) is 1.84. The Hall–Kier alpha value is -1.25. The molecule has 2 fully saturated rings. The summed E-state index contributed by atoms with van der Waals surface area (Å²) in [7, 11) is 0. The topological polar surface area (TPSA) is 69.9 Å². The predicted octanol–water partition coefficient (Wildman–Crippen LogP) is 2.93. The van der Waals surface area contributed by atoms with Crippen molar-refractivity contribution in [2.45, 2.75) is 57.4 Å². The molecule has 1 aromatic heterocycles. The smallest absolute Gasteiger partial charge is 0.244 e. The highest BCUT2D eigenvalue weighted by molar-refractivity contribution is 14.0. The lowest BCUT2D eigenvalue weighted by Gasteiger charge is -2.25. The number of amides is 1. The van der Waals surface area contributed by atoms with Crippen LogP contribution in [-0.2, 0) is 11.2 Å². The standard InChI is InChI=1S/C19H30N4O2.HI/c24-18(23-12-4-5-13-23)15-21-19(22-16-7-2-1-3-8-16)20-11-10-17-9-6-14-25-17;/h6,9,14,16H,1-5,7-8,10-13,15H2,(H2,20,21,22);1H. The third kappa shape index (κ3) is 6.81. The number of likely N-dealkylation sites (tertiary alicyclic amines) is 1. The minimum atomic E-state index is 0. The summed E-state index contributed by atoms with van der Waals surface area (Å²) in [6.45, 7) is 2.73. The van der Waals surface area contributed by atoms with Crippen LogP contribution in [0.1, 0.15) is 50.7 Å². The van der Waals surface area contributed by atoms with E-state index in [1.807, 2.05) is 17.0 Å². The Bertz CT molecular complexity index is 550. The molecule has 0 atom stereocenters. The fourth-order valence-electron chi connectivity index (χ4n) is 3.57. The van der Waals surface area contributed by atoms with E-state index in [0.717, 1.165) is 50.6 Å². The number of hydrogen-bond donors (Lipinski definition) is 2. The number of carbonyl (C=O) groups excluding carboxylic acids is 1. The largest absolute Gasteiger partial charge is 0.469 e. The lowest BCUT2D eigenvalue weighted by atomic mass is 9.96. The number of aliphatic imine (C=N–C) groups is 1. The lowest BCUT2D eigenvalue weighted by molar-refractivity contribution is -0.128. The van der Waals surface area contributed by atoms with Gasteiger partial charge in [0.2, 0.25) is 5.91 Å². The maximum absolute atomic E-state index is 12.3. The first-order valence-electron chi connectivity index (χ1n) is 9.66. The van der Waals surface area contributed by atoms with Crippen LogP contribution >= 0.6 is 24.0 Å². The fourth-order valence-corrected chi connectivity index (χ4v) is 3.57. The molecule has 2 heterocycles. The van der Waals surface area contributed by atoms with Gasteiger partial charge in [0.15, 0.2) is 5.96 Å². The van der Waals surface area contributed by atoms with Crippen molar-refractivity contribution < 1.29 is 9.21 Å². The summed E-state index contributed by atoms with van der Waals surface area (Å²) < 4.78 is 5.37. The van der Waals surface area contributed by atoms with E-state index in [1.165, 1.54) is 32.1 Å². The Balaban J connectivity index is 0.00000243. The van der Waals surface area contributed by atoms with E-state index < -0.39 is 0 Å². The number of nitrogens with one attached hydrogen (secondary N) is 2. The van der Waals surface area contributed by atoms with Gasteiger partial charge in [-0.05, 0) is 37.8 Å². The van der Waals surface area contributed by atoms with Crippen molar-refractivity contribution in [2.24, 2.45) is 4.99 Å². The summed E-state index contributed by atoms with van der Waals surface area (Å²) in [6, 6.07) is 4.34. The third-order valence-electron chi connectivity index (χ3n) is 5.02. The average Bonchev–Trinajstić information content (AvgIpc) is 3.34. The van der Waals surface area contributed by atoms with Crippen molar-refractivity contribution in [1.82, 2.24) is 15.5 Å². The monoisotopic (exact) mass is 474 g/mol. The highest BCUT2D eigenvalue weighted by Gasteiger charge is 2.18. The molecule has 6 nitrogen and oxygen atoms in total. The van der Waals surface area contributed by atoms with Crippen LogP contribution in [0.5, 0.6) is 0 Å². The molecule has 3 rings (SSSR count). The van der Waals surface area contributed by atoms with Gasteiger partial charge in [0.25, 0.3) is 0 Å². The minimum absolute atomic E-state index is 0. The number of guanidine groups is 1. The number of halogens is 1. The quantitative estimate of drug-likeness (QED) is 0.378. The first-order chi connectivity index (χ1) is 12.3. The van der Waals surface area contributed by atoms with Crippen molar-refractivity contribution in [1.29, 1.82) is 0 Å². The molecule has 26 heavy (non-hydrogen) atoms. The van der Waals surface area contributed by atoms with Crippen molar-refractivity contribution in [3.05, 3.63) is 24.2 Å². The van der Waals surface area contributed by atoms with E-state index in [0.29, 0.717) is 6.04 Å².